The third-order valence-corrected chi connectivity index (χ3v) is 8.09. The van der Waals surface area contributed by atoms with Gasteiger partial charge in [-0.05, 0) is 55.5 Å². The molecule has 2 fully saturated rings. The summed E-state index contributed by atoms with van der Waals surface area (Å²) in [6.07, 6.45) is 3.58. The SMILES string of the molecule is O=C(NCC1CCN(c2nc3cc(Cl)ccc3o2)C1)c1ccnc(S(=O)(=O)C2CC2)c1. The standard InChI is InChI=1S/C21H21ClN4O4S/c22-15-1-4-18-17(10-15)25-21(30-18)26-8-6-13(12-26)11-24-20(27)14-5-7-23-19(9-14)31(28,29)16-2-3-16/h1,4-5,7,9-10,13,16H,2-3,6,8,11-12H2,(H,24,27). The monoisotopic (exact) mass is 460 g/mol. The Bertz CT molecular complexity index is 1260. The van der Waals surface area contributed by atoms with E-state index in [1.165, 1.54) is 18.3 Å². The molecule has 1 aromatic carbocycles. The topological polar surface area (TPSA) is 105 Å². The Morgan fingerprint density at radius 2 is 2.06 bits per heavy atom. The molecule has 1 amide bonds. The van der Waals surface area contributed by atoms with Crippen molar-refractivity contribution < 1.29 is 17.6 Å². The fourth-order valence-electron chi connectivity index (χ4n) is 3.79. The molecule has 3 aromatic rings. The number of oxazole rings is 1. The lowest BCUT2D eigenvalue weighted by Crippen LogP contribution is -2.31. The Balaban J connectivity index is 1.20. The minimum absolute atomic E-state index is 0.0224. The van der Waals surface area contributed by atoms with Crippen molar-refractivity contribution in [2.24, 2.45) is 5.92 Å². The zero-order valence-electron chi connectivity index (χ0n) is 16.6. The molecule has 1 saturated carbocycles. The van der Waals surface area contributed by atoms with E-state index in [4.69, 9.17) is 16.0 Å². The number of fused-ring (bicyclic) bond motifs is 1. The first-order valence-electron chi connectivity index (χ1n) is 10.2. The van der Waals surface area contributed by atoms with Gasteiger partial charge in [0.05, 0.1) is 5.25 Å². The minimum Gasteiger partial charge on any atom is -0.423 e. The third kappa shape index (κ3) is 4.12. The second-order valence-corrected chi connectivity index (χ2v) is 10.7. The van der Waals surface area contributed by atoms with Crippen LogP contribution in [0.25, 0.3) is 11.1 Å². The number of pyridine rings is 1. The van der Waals surface area contributed by atoms with Gasteiger partial charge in [-0.1, -0.05) is 11.6 Å². The molecule has 1 saturated heterocycles. The normalized spacial score (nSPS) is 19.1. The van der Waals surface area contributed by atoms with Gasteiger partial charge in [0, 0.05) is 36.4 Å². The molecular formula is C21H21ClN4O4S. The summed E-state index contributed by atoms with van der Waals surface area (Å²) in [7, 11) is -3.43. The predicted molar refractivity (Wildman–Crippen MR) is 116 cm³/mol. The van der Waals surface area contributed by atoms with Gasteiger partial charge in [-0.25, -0.2) is 13.4 Å². The van der Waals surface area contributed by atoms with Gasteiger partial charge in [0.1, 0.15) is 5.52 Å². The lowest BCUT2D eigenvalue weighted by Gasteiger charge is -2.14. The molecule has 8 nitrogen and oxygen atoms in total. The van der Waals surface area contributed by atoms with E-state index in [0.29, 0.717) is 53.6 Å². The average molecular weight is 461 g/mol. The molecule has 10 heteroatoms. The summed E-state index contributed by atoms with van der Waals surface area (Å²) in [6.45, 7) is 1.97. The first-order valence-corrected chi connectivity index (χ1v) is 12.1. The summed E-state index contributed by atoms with van der Waals surface area (Å²) in [5, 5.41) is 3.15. The maximum Gasteiger partial charge on any atom is 0.298 e. The molecule has 0 bridgehead atoms. The van der Waals surface area contributed by atoms with Crippen molar-refractivity contribution >= 4 is 44.5 Å². The van der Waals surface area contributed by atoms with Crippen molar-refractivity contribution in [2.75, 3.05) is 24.5 Å². The summed E-state index contributed by atoms with van der Waals surface area (Å²) in [6, 6.07) is 8.79. The van der Waals surface area contributed by atoms with Gasteiger partial charge < -0.3 is 14.6 Å². The number of hydrogen-bond acceptors (Lipinski definition) is 7. The number of aromatic nitrogens is 2. The van der Waals surface area contributed by atoms with E-state index >= 15 is 0 Å². The van der Waals surface area contributed by atoms with Crippen molar-refractivity contribution in [3.8, 4) is 0 Å². The molecule has 0 radical (unpaired) electrons. The van der Waals surface area contributed by atoms with Crippen molar-refractivity contribution in [2.45, 2.75) is 29.5 Å². The van der Waals surface area contributed by atoms with Crippen LogP contribution >= 0.6 is 11.6 Å². The highest BCUT2D eigenvalue weighted by Crippen LogP contribution is 2.33. The second kappa shape index (κ2) is 7.80. The molecule has 2 aromatic heterocycles. The maximum atomic E-state index is 12.6. The molecular weight excluding hydrogens is 440 g/mol. The Kier molecular flexibility index (Phi) is 5.10. The van der Waals surface area contributed by atoms with Crippen LogP contribution in [0.1, 0.15) is 29.6 Å². The van der Waals surface area contributed by atoms with Crippen LogP contribution in [0.3, 0.4) is 0 Å². The van der Waals surface area contributed by atoms with Gasteiger partial charge in [0.2, 0.25) is 0 Å². The Hall–Kier alpha value is -2.65. The van der Waals surface area contributed by atoms with Gasteiger partial charge in [-0.3, -0.25) is 4.79 Å². The smallest absolute Gasteiger partial charge is 0.298 e. The van der Waals surface area contributed by atoms with Gasteiger partial charge in [0.25, 0.3) is 11.9 Å². The minimum atomic E-state index is -3.43. The van der Waals surface area contributed by atoms with Gasteiger partial charge >= 0.3 is 0 Å². The Labute approximate surface area is 184 Å². The number of nitrogens with one attached hydrogen (secondary N) is 1. The first-order chi connectivity index (χ1) is 14.9. The number of hydrogen-bond donors (Lipinski definition) is 1. The highest BCUT2D eigenvalue weighted by atomic mass is 35.5. The zero-order chi connectivity index (χ0) is 21.6. The maximum absolute atomic E-state index is 12.6. The summed E-state index contributed by atoms with van der Waals surface area (Å²) in [5.74, 6) is -0.0661. The quantitative estimate of drug-likeness (QED) is 0.602. The van der Waals surface area contributed by atoms with Crippen LogP contribution < -0.4 is 10.2 Å². The van der Waals surface area contributed by atoms with E-state index in [9.17, 15) is 13.2 Å². The van der Waals surface area contributed by atoms with E-state index in [1.807, 2.05) is 0 Å². The van der Waals surface area contributed by atoms with Crippen molar-refractivity contribution in [3.63, 3.8) is 0 Å². The third-order valence-electron chi connectivity index (χ3n) is 5.70. The van der Waals surface area contributed by atoms with E-state index < -0.39 is 9.84 Å². The average Bonchev–Trinajstić information content (AvgIpc) is 3.39. The molecule has 1 N–H and O–H groups in total. The van der Waals surface area contributed by atoms with Crippen LogP contribution in [-0.4, -0.2) is 49.2 Å². The zero-order valence-corrected chi connectivity index (χ0v) is 18.2. The van der Waals surface area contributed by atoms with E-state index in [0.717, 1.165) is 13.0 Å². The van der Waals surface area contributed by atoms with Crippen molar-refractivity contribution in [3.05, 3.63) is 47.1 Å². The number of amides is 1. The van der Waals surface area contributed by atoms with Crippen molar-refractivity contribution in [1.29, 1.82) is 0 Å². The highest BCUT2D eigenvalue weighted by Gasteiger charge is 2.38. The van der Waals surface area contributed by atoms with Crippen molar-refractivity contribution in [1.82, 2.24) is 15.3 Å². The molecule has 0 spiro atoms. The van der Waals surface area contributed by atoms with E-state index in [2.05, 4.69) is 20.2 Å². The van der Waals surface area contributed by atoms with Gasteiger partial charge in [-0.2, -0.15) is 4.98 Å². The molecule has 1 aliphatic heterocycles. The summed E-state index contributed by atoms with van der Waals surface area (Å²) in [5.41, 5.74) is 1.71. The van der Waals surface area contributed by atoms with Crippen LogP contribution in [0, 0.1) is 5.92 Å². The van der Waals surface area contributed by atoms with Crippen LogP contribution in [-0.2, 0) is 9.84 Å². The van der Waals surface area contributed by atoms with Crippen LogP contribution in [0.15, 0.2) is 46.0 Å². The lowest BCUT2D eigenvalue weighted by atomic mass is 10.1. The Morgan fingerprint density at radius 3 is 2.87 bits per heavy atom. The van der Waals surface area contributed by atoms with Crippen LogP contribution in [0.2, 0.25) is 5.02 Å². The van der Waals surface area contributed by atoms with E-state index in [1.54, 1.807) is 18.2 Å². The molecule has 2 aliphatic rings. The number of sulfone groups is 1. The second-order valence-electron chi connectivity index (χ2n) is 8.05. The largest absolute Gasteiger partial charge is 0.423 e. The molecule has 1 atom stereocenters. The summed E-state index contributed by atoms with van der Waals surface area (Å²) in [4.78, 5) is 23.1. The first kappa shape index (κ1) is 20.3. The van der Waals surface area contributed by atoms with Crippen LogP contribution in [0.4, 0.5) is 6.01 Å². The fourth-order valence-corrected chi connectivity index (χ4v) is 5.55. The van der Waals surface area contributed by atoms with Crippen LogP contribution in [0.5, 0.6) is 0 Å². The molecule has 162 valence electrons. The molecule has 3 heterocycles. The summed E-state index contributed by atoms with van der Waals surface area (Å²) >= 11 is 6.01. The lowest BCUT2D eigenvalue weighted by molar-refractivity contribution is 0.0948. The fraction of sp³-hybridized carbons (Fsp3) is 0.381. The predicted octanol–water partition coefficient (Wildman–Crippen LogP) is 3.07. The molecule has 1 aliphatic carbocycles. The number of nitrogens with zero attached hydrogens (tertiary/aromatic N) is 3. The molecule has 5 rings (SSSR count). The van der Waals surface area contributed by atoms with Gasteiger partial charge in [-0.15, -0.1) is 0 Å². The van der Waals surface area contributed by atoms with Gasteiger partial charge in [0.15, 0.2) is 20.4 Å². The molecule has 31 heavy (non-hydrogen) atoms. The number of anilines is 1. The number of carbonyl (C=O) groups is 1. The van der Waals surface area contributed by atoms with E-state index in [-0.39, 0.29) is 22.1 Å². The number of carbonyl (C=O) groups excluding carboxylic acids is 1. The Morgan fingerprint density at radius 1 is 1.23 bits per heavy atom. The highest BCUT2D eigenvalue weighted by molar-refractivity contribution is 7.92. The number of benzene rings is 1. The summed E-state index contributed by atoms with van der Waals surface area (Å²) < 4.78 is 30.6. The number of rotatable bonds is 6. The number of halogens is 1. The molecule has 1 unspecified atom stereocenters.